The van der Waals surface area contributed by atoms with Gasteiger partial charge in [-0.3, -0.25) is 9.59 Å². The molecule has 1 unspecified atom stereocenters. The first-order valence-corrected chi connectivity index (χ1v) is 8.54. The highest BCUT2D eigenvalue weighted by Gasteiger charge is 2.48. The topological polar surface area (TPSA) is 75.4 Å². The first-order chi connectivity index (χ1) is 11.8. The molecule has 1 saturated heterocycles. The molecule has 2 heterocycles. The molecule has 0 bridgehead atoms. The Bertz CT molecular complexity index is 800. The second-order valence-electron chi connectivity index (χ2n) is 6.74. The lowest BCUT2D eigenvalue weighted by atomic mass is 9.76. The molecular formula is C18H20ClN3O3. The number of benzene rings is 1. The summed E-state index contributed by atoms with van der Waals surface area (Å²) in [7, 11) is 0. The fraction of sp³-hybridized carbons (Fsp3) is 0.389. The van der Waals surface area contributed by atoms with Crippen molar-refractivity contribution in [3.05, 3.63) is 47.2 Å². The van der Waals surface area contributed by atoms with Crippen molar-refractivity contribution in [3.8, 4) is 5.69 Å². The van der Waals surface area contributed by atoms with Gasteiger partial charge in [-0.15, -0.1) is 0 Å². The molecule has 1 aliphatic heterocycles. The van der Waals surface area contributed by atoms with Gasteiger partial charge in [0, 0.05) is 24.3 Å². The van der Waals surface area contributed by atoms with Gasteiger partial charge >= 0.3 is 5.97 Å². The van der Waals surface area contributed by atoms with E-state index in [9.17, 15) is 14.7 Å². The number of aliphatic carboxylic acids is 1. The average Bonchev–Trinajstić information content (AvgIpc) is 3.23. The summed E-state index contributed by atoms with van der Waals surface area (Å²) in [5.74, 6) is -1.07. The number of likely N-dealkylation sites (tertiary alicyclic amines) is 1. The van der Waals surface area contributed by atoms with E-state index >= 15 is 0 Å². The Hall–Kier alpha value is -2.34. The minimum absolute atomic E-state index is 0.0420. The molecule has 0 radical (unpaired) electrons. The van der Waals surface area contributed by atoms with E-state index in [0.717, 1.165) is 5.69 Å². The zero-order chi connectivity index (χ0) is 18.2. The molecule has 1 amide bonds. The summed E-state index contributed by atoms with van der Waals surface area (Å²) in [6, 6.07) is 7.14. The van der Waals surface area contributed by atoms with Crippen LogP contribution >= 0.6 is 11.6 Å². The number of halogens is 1. The van der Waals surface area contributed by atoms with Crippen molar-refractivity contribution < 1.29 is 14.7 Å². The Morgan fingerprint density at radius 2 is 1.96 bits per heavy atom. The van der Waals surface area contributed by atoms with Crippen LogP contribution in [0.3, 0.4) is 0 Å². The van der Waals surface area contributed by atoms with Crippen molar-refractivity contribution in [2.24, 2.45) is 11.3 Å². The minimum atomic E-state index is -0.873. The van der Waals surface area contributed by atoms with Gasteiger partial charge in [0.05, 0.1) is 22.9 Å². The van der Waals surface area contributed by atoms with Crippen LogP contribution in [0.5, 0.6) is 0 Å². The maximum atomic E-state index is 12.7. The number of carbonyl (C=O) groups is 2. The highest BCUT2D eigenvalue weighted by atomic mass is 35.5. The van der Waals surface area contributed by atoms with Crippen molar-refractivity contribution in [1.29, 1.82) is 0 Å². The number of carboxylic acid groups (broad SMARTS) is 1. The summed E-state index contributed by atoms with van der Waals surface area (Å²) in [5, 5.41) is 14.5. The van der Waals surface area contributed by atoms with Gasteiger partial charge < -0.3 is 10.0 Å². The number of carboxylic acids is 1. The number of nitrogens with zero attached hydrogens (tertiary/aromatic N) is 3. The molecule has 0 spiro atoms. The number of aromatic nitrogens is 2. The summed E-state index contributed by atoms with van der Waals surface area (Å²) in [4.78, 5) is 26.1. The average molecular weight is 362 g/mol. The van der Waals surface area contributed by atoms with Crippen molar-refractivity contribution in [2.45, 2.75) is 20.3 Å². The fourth-order valence-electron chi connectivity index (χ4n) is 3.25. The molecule has 1 fully saturated rings. The third-order valence-corrected chi connectivity index (χ3v) is 5.29. The molecule has 3 rings (SSSR count). The van der Waals surface area contributed by atoms with Crippen LogP contribution in [-0.4, -0.2) is 44.8 Å². The van der Waals surface area contributed by atoms with Gasteiger partial charge in [-0.1, -0.05) is 25.4 Å². The molecule has 1 N–H and O–H groups in total. The Morgan fingerprint density at radius 3 is 2.52 bits per heavy atom. The third kappa shape index (κ3) is 3.14. The van der Waals surface area contributed by atoms with Gasteiger partial charge in [0.25, 0.3) is 5.91 Å². The lowest BCUT2D eigenvalue weighted by Gasteiger charge is -2.28. The molecule has 1 aliphatic rings. The summed E-state index contributed by atoms with van der Waals surface area (Å²) in [6.45, 7) is 4.45. The third-order valence-electron chi connectivity index (χ3n) is 5.04. The molecular weight excluding hydrogens is 342 g/mol. The van der Waals surface area contributed by atoms with Crippen LogP contribution in [0.2, 0.25) is 5.02 Å². The Labute approximate surface area is 151 Å². The largest absolute Gasteiger partial charge is 0.481 e. The molecule has 0 aliphatic carbocycles. The van der Waals surface area contributed by atoms with E-state index in [2.05, 4.69) is 5.10 Å². The van der Waals surface area contributed by atoms with Gasteiger partial charge in [-0.05, 0) is 36.6 Å². The minimum Gasteiger partial charge on any atom is -0.481 e. The summed E-state index contributed by atoms with van der Waals surface area (Å²) < 4.78 is 1.60. The predicted octanol–water partition coefficient (Wildman–Crippen LogP) is 3.10. The van der Waals surface area contributed by atoms with Crippen LogP contribution < -0.4 is 0 Å². The molecule has 1 atom stereocenters. The van der Waals surface area contributed by atoms with E-state index < -0.39 is 11.4 Å². The van der Waals surface area contributed by atoms with Crippen molar-refractivity contribution in [3.63, 3.8) is 0 Å². The quantitative estimate of drug-likeness (QED) is 0.907. The molecule has 132 valence electrons. The highest BCUT2D eigenvalue weighted by molar-refractivity contribution is 6.30. The normalized spacial score (nSPS) is 20.2. The molecule has 6 nitrogen and oxygen atoms in total. The van der Waals surface area contributed by atoms with Crippen molar-refractivity contribution >= 4 is 23.5 Å². The molecule has 1 aromatic carbocycles. The van der Waals surface area contributed by atoms with Crippen molar-refractivity contribution in [2.75, 3.05) is 13.1 Å². The zero-order valence-electron chi connectivity index (χ0n) is 14.1. The number of carbonyl (C=O) groups excluding carboxylic acids is 1. The Kier molecular flexibility index (Phi) is 4.56. The Morgan fingerprint density at radius 1 is 1.28 bits per heavy atom. The van der Waals surface area contributed by atoms with Crippen LogP contribution in [0.25, 0.3) is 5.69 Å². The summed E-state index contributed by atoms with van der Waals surface area (Å²) in [5.41, 5.74) is 0.369. The van der Waals surface area contributed by atoms with Crippen LogP contribution in [0.1, 0.15) is 30.6 Å². The summed E-state index contributed by atoms with van der Waals surface area (Å²) >= 11 is 5.88. The van der Waals surface area contributed by atoms with E-state index in [4.69, 9.17) is 11.6 Å². The lowest BCUT2D eigenvalue weighted by Crippen LogP contribution is -2.40. The van der Waals surface area contributed by atoms with Crippen molar-refractivity contribution in [1.82, 2.24) is 14.7 Å². The number of hydrogen-bond donors (Lipinski definition) is 1. The van der Waals surface area contributed by atoms with Crippen LogP contribution in [-0.2, 0) is 4.79 Å². The Balaban J connectivity index is 1.79. The molecule has 0 saturated carbocycles. The second-order valence-corrected chi connectivity index (χ2v) is 7.18. The maximum Gasteiger partial charge on any atom is 0.311 e. The number of amides is 1. The molecule has 2 aromatic rings. The second kappa shape index (κ2) is 6.52. The van der Waals surface area contributed by atoms with Crippen LogP contribution in [0.15, 0.2) is 36.7 Å². The highest BCUT2D eigenvalue weighted by Crippen LogP contribution is 2.38. The van der Waals surface area contributed by atoms with E-state index in [1.165, 1.54) is 6.20 Å². The van der Waals surface area contributed by atoms with Gasteiger partial charge in [0.1, 0.15) is 0 Å². The van der Waals surface area contributed by atoms with E-state index in [1.54, 1.807) is 27.9 Å². The number of rotatable bonds is 4. The van der Waals surface area contributed by atoms with Gasteiger partial charge in [0.2, 0.25) is 0 Å². The summed E-state index contributed by atoms with van der Waals surface area (Å²) in [6.07, 6.45) is 3.63. The first kappa shape index (κ1) is 17.5. The zero-order valence-corrected chi connectivity index (χ0v) is 14.9. The van der Waals surface area contributed by atoms with E-state index in [-0.39, 0.29) is 18.4 Å². The molecule has 7 heteroatoms. The molecule has 1 aromatic heterocycles. The standard InChI is InChI=1S/C18H20ClN3O3/c1-12(2)18(17(24)25)7-8-21(11-18)16(23)13-9-20-22(10-13)15-5-3-14(19)4-6-15/h3-6,9-10,12H,7-8,11H2,1-2H3,(H,24,25). The SMILES string of the molecule is CC(C)C1(C(=O)O)CCN(C(=O)c2cnn(-c3ccc(Cl)cc3)c2)C1. The molecule has 25 heavy (non-hydrogen) atoms. The van der Waals surface area contributed by atoms with Gasteiger partial charge in [-0.25, -0.2) is 4.68 Å². The number of hydrogen-bond acceptors (Lipinski definition) is 3. The van der Waals surface area contributed by atoms with Crippen LogP contribution in [0.4, 0.5) is 0 Å². The smallest absolute Gasteiger partial charge is 0.311 e. The van der Waals surface area contributed by atoms with Gasteiger partial charge in [0.15, 0.2) is 0 Å². The lowest BCUT2D eigenvalue weighted by molar-refractivity contribution is -0.150. The van der Waals surface area contributed by atoms with E-state index in [0.29, 0.717) is 23.6 Å². The monoisotopic (exact) mass is 361 g/mol. The first-order valence-electron chi connectivity index (χ1n) is 8.17. The fourth-order valence-corrected chi connectivity index (χ4v) is 3.38. The van der Waals surface area contributed by atoms with Gasteiger partial charge in [-0.2, -0.15) is 5.10 Å². The van der Waals surface area contributed by atoms with E-state index in [1.807, 2.05) is 26.0 Å². The maximum absolute atomic E-state index is 12.7. The van der Waals surface area contributed by atoms with Crippen LogP contribution in [0, 0.1) is 11.3 Å². The predicted molar refractivity (Wildman–Crippen MR) is 94.0 cm³/mol.